The molecule has 1 aliphatic carbocycles. The van der Waals surface area contributed by atoms with Crippen molar-refractivity contribution in [1.82, 2.24) is 9.62 Å². The van der Waals surface area contributed by atoms with E-state index in [-0.39, 0.29) is 35.5 Å². The molecule has 0 aromatic heterocycles. The Morgan fingerprint density at radius 2 is 1.76 bits per heavy atom. The molecular formula is C23H25N3O7S. The van der Waals surface area contributed by atoms with Gasteiger partial charge in [0.05, 0.1) is 34.9 Å². The highest BCUT2D eigenvalue weighted by Crippen LogP contribution is 2.22. The van der Waals surface area contributed by atoms with Gasteiger partial charge in [0.2, 0.25) is 10.0 Å². The molecule has 2 aromatic carbocycles. The van der Waals surface area contributed by atoms with E-state index in [2.05, 4.69) is 10.6 Å². The van der Waals surface area contributed by atoms with Crippen molar-refractivity contribution in [1.29, 1.82) is 0 Å². The van der Waals surface area contributed by atoms with Crippen LogP contribution in [0.4, 0.5) is 5.69 Å². The van der Waals surface area contributed by atoms with Crippen LogP contribution in [0.3, 0.4) is 0 Å². The lowest BCUT2D eigenvalue weighted by molar-refractivity contribution is -0.119. The fraction of sp³-hybridized carbons (Fsp3) is 0.348. The molecule has 0 unspecified atom stereocenters. The number of benzene rings is 2. The Labute approximate surface area is 197 Å². The average molecular weight is 488 g/mol. The summed E-state index contributed by atoms with van der Waals surface area (Å²) in [4.78, 5) is 37.2. The lowest BCUT2D eigenvalue weighted by Crippen LogP contribution is -2.40. The molecule has 180 valence electrons. The fourth-order valence-corrected chi connectivity index (χ4v) is 4.86. The fourth-order valence-electron chi connectivity index (χ4n) is 3.40. The molecule has 10 nitrogen and oxygen atoms in total. The predicted molar refractivity (Wildman–Crippen MR) is 122 cm³/mol. The van der Waals surface area contributed by atoms with E-state index in [1.54, 1.807) is 24.3 Å². The second-order valence-electron chi connectivity index (χ2n) is 7.96. The average Bonchev–Trinajstić information content (AvgIpc) is 3.67. The van der Waals surface area contributed by atoms with E-state index in [1.807, 2.05) is 0 Å². The van der Waals surface area contributed by atoms with Crippen molar-refractivity contribution in [3.63, 3.8) is 0 Å². The molecule has 2 amide bonds. The number of nitrogens with zero attached hydrogens (tertiary/aromatic N) is 1. The molecule has 34 heavy (non-hydrogen) atoms. The summed E-state index contributed by atoms with van der Waals surface area (Å²) < 4.78 is 37.2. The molecule has 1 aliphatic heterocycles. The van der Waals surface area contributed by atoms with Crippen LogP contribution in [-0.4, -0.2) is 69.5 Å². The number of amides is 2. The Kier molecular flexibility index (Phi) is 7.25. The molecule has 0 bridgehead atoms. The Balaban J connectivity index is 1.36. The minimum atomic E-state index is -3.78. The number of para-hydroxylation sites is 1. The van der Waals surface area contributed by atoms with E-state index in [0.29, 0.717) is 24.5 Å². The van der Waals surface area contributed by atoms with Gasteiger partial charge in [-0.25, -0.2) is 13.2 Å². The standard InChI is InChI=1S/C23H25N3O7S/c27-21(25-20-7-2-1-6-19(20)22(28)24-17-8-9-17)15-33-23(29)16-4-3-5-18(14-16)34(30,31)26-10-12-32-13-11-26/h1-7,14,17H,8-13,15H2,(H,24,28)(H,25,27). The molecule has 11 heteroatoms. The molecule has 2 fully saturated rings. The second kappa shape index (κ2) is 10.3. The van der Waals surface area contributed by atoms with E-state index in [0.717, 1.165) is 12.8 Å². The third-order valence-corrected chi connectivity index (χ3v) is 7.26. The summed E-state index contributed by atoms with van der Waals surface area (Å²) in [7, 11) is -3.78. The van der Waals surface area contributed by atoms with Gasteiger partial charge in [-0.3, -0.25) is 9.59 Å². The number of hydrogen-bond acceptors (Lipinski definition) is 7. The first kappa shape index (κ1) is 23.9. The Morgan fingerprint density at radius 3 is 2.50 bits per heavy atom. The van der Waals surface area contributed by atoms with Gasteiger partial charge in [-0.15, -0.1) is 0 Å². The van der Waals surface area contributed by atoms with Crippen molar-refractivity contribution >= 4 is 33.5 Å². The zero-order chi connectivity index (χ0) is 24.1. The van der Waals surface area contributed by atoms with Crippen LogP contribution in [0.1, 0.15) is 33.6 Å². The number of esters is 1. The number of ether oxygens (including phenoxy) is 2. The summed E-state index contributed by atoms with van der Waals surface area (Å²) in [5.74, 6) is -1.75. The van der Waals surface area contributed by atoms with Gasteiger partial charge in [0, 0.05) is 19.1 Å². The Bertz CT molecular complexity index is 1190. The maximum absolute atomic E-state index is 12.8. The summed E-state index contributed by atoms with van der Waals surface area (Å²) in [5, 5.41) is 5.44. The summed E-state index contributed by atoms with van der Waals surface area (Å²) in [6.07, 6.45) is 1.87. The molecule has 2 aliphatic rings. The highest BCUT2D eigenvalue weighted by atomic mass is 32.2. The number of anilines is 1. The molecule has 2 N–H and O–H groups in total. The van der Waals surface area contributed by atoms with Gasteiger partial charge in [-0.2, -0.15) is 4.31 Å². The van der Waals surface area contributed by atoms with Crippen LogP contribution in [0.5, 0.6) is 0 Å². The van der Waals surface area contributed by atoms with Gasteiger partial charge in [0.25, 0.3) is 11.8 Å². The van der Waals surface area contributed by atoms with Gasteiger partial charge in [0.15, 0.2) is 6.61 Å². The molecule has 1 heterocycles. The van der Waals surface area contributed by atoms with Crippen LogP contribution in [-0.2, 0) is 24.3 Å². The zero-order valence-corrected chi connectivity index (χ0v) is 19.2. The Hall–Kier alpha value is -3.28. The lowest BCUT2D eigenvalue weighted by atomic mass is 10.1. The van der Waals surface area contributed by atoms with E-state index < -0.39 is 28.5 Å². The van der Waals surface area contributed by atoms with Gasteiger partial charge in [-0.1, -0.05) is 18.2 Å². The first-order valence-corrected chi connectivity index (χ1v) is 12.3. The number of sulfonamides is 1. The van der Waals surface area contributed by atoms with Crippen molar-refractivity contribution in [2.24, 2.45) is 0 Å². The quantitative estimate of drug-likeness (QED) is 0.538. The van der Waals surface area contributed by atoms with Crippen LogP contribution in [0.15, 0.2) is 53.4 Å². The third-order valence-electron chi connectivity index (χ3n) is 5.37. The molecular weight excluding hydrogens is 462 g/mol. The van der Waals surface area contributed by atoms with Crippen LogP contribution in [0.2, 0.25) is 0 Å². The monoisotopic (exact) mass is 487 g/mol. The van der Waals surface area contributed by atoms with Gasteiger partial charge >= 0.3 is 5.97 Å². The third kappa shape index (κ3) is 5.79. The molecule has 4 rings (SSSR count). The van der Waals surface area contributed by atoms with E-state index >= 15 is 0 Å². The topological polar surface area (TPSA) is 131 Å². The van der Waals surface area contributed by atoms with Crippen LogP contribution < -0.4 is 10.6 Å². The highest BCUT2D eigenvalue weighted by molar-refractivity contribution is 7.89. The maximum Gasteiger partial charge on any atom is 0.338 e. The molecule has 0 radical (unpaired) electrons. The predicted octanol–water partition coefficient (Wildman–Crippen LogP) is 1.40. The minimum Gasteiger partial charge on any atom is -0.452 e. The maximum atomic E-state index is 12.8. The number of nitrogens with one attached hydrogen (secondary N) is 2. The normalized spacial score (nSPS) is 16.5. The van der Waals surface area contributed by atoms with E-state index in [9.17, 15) is 22.8 Å². The van der Waals surface area contributed by atoms with Crippen molar-refractivity contribution in [2.75, 3.05) is 38.2 Å². The number of rotatable bonds is 8. The van der Waals surface area contributed by atoms with Crippen LogP contribution in [0.25, 0.3) is 0 Å². The highest BCUT2D eigenvalue weighted by Gasteiger charge is 2.27. The van der Waals surface area contributed by atoms with Gasteiger partial charge in [0.1, 0.15) is 0 Å². The van der Waals surface area contributed by atoms with E-state index in [4.69, 9.17) is 9.47 Å². The lowest BCUT2D eigenvalue weighted by Gasteiger charge is -2.26. The van der Waals surface area contributed by atoms with Crippen molar-refractivity contribution < 1.29 is 32.3 Å². The molecule has 1 saturated heterocycles. The molecule has 1 saturated carbocycles. The van der Waals surface area contributed by atoms with Gasteiger partial charge in [-0.05, 0) is 43.2 Å². The number of carbonyl (C=O) groups is 3. The van der Waals surface area contributed by atoms with Crippen molar-refractivity contribution in [3.05, 3.63) is 59.7 Å². The summed E-state index contributed by atoms with van der Waals surface area (Å²) >= 11 is 0. The SMILES string of the molecule is O=C(COC(=O)c1cccc(S(=O)(=O)N2CCOCC2)c1)Nc1ccccc1C(=O)NC1CC1. The summed E-state index contributed by atoms with van der Waals surface area (Å²) in [5.41, 5.74) is 0.627. The van der Waals surface area contributed by atoms with Gasteiger partial charge < -0.3 is 20.1 Å². The molecule has 0 atom stereocenters. The smallest absolute Gasteiger partial charge is 0.338 e. The van der Waals surface area contributed by atoms with Crippen LogP contribution >= 0.6 is 0 Å². The van der Waals surface area contributed by atoms with E-state index in [1.165, 1.54) is 28.6 Å². The molecule has 0 spiro atoms. The van der Waals surface area contributed by atoms with Crippen molar-refractivity contribution in [3.8, 4) is 0 Å². The minimum absolute atomic E-state index is 0.00588. The first-order valence-electron chi connectivity index (χ1n) is 10.9. The molecule has 2 aromatic rings. The number of carbonyl (C=O) groups excluding carboxylic acids is 3. The Morgan fingerprint density at radius 1 is 1.03 bits per heavy atom. The summed E-state index contributed by atoms with van der Waals surface area (Å²) in [6, 6.07) is 12.2. The second-order valence-corrected chi connectivity index (χ2v) is 9.90. The van der Waals surface area contributed by atoms with Crippen LogP contribution in [0, 0.1) is 0 Å². The first-order chi connectivity index (χ1) is 16.3. The number of hydrogen-bond donors (Lipinski definition) is 2. The number of morpholine rings is 1. The summed E-state index contributed by atoms with van der Waals surface area (Å²) in [6.45, 7) is 0.482. The zero-order valence-electron chi connectivity index (χ0n) is 18.4. The van der Waals surface area contributed by atoms with Crippen molar-refractivity contribution in [2.45, 2.75) is 23.8 Å². The largest absolute Gasteiger partial charge is 0.452 e.